The Hall–Kier alpha value is -8.73. The number of hydrogen-bond acceptors (Lipinski definition) is 3. The van der Waals surface area contributed by atoms with Gasteiger partial charge < -0.3 is 4.57 Å². The molecule has 3 heterocycles. The van der Waals surface area contributed by atoms with E-state index in [9.17, 15) is 0 Å². The second-order valence-electron chi connectivity index (χ2n) is 17.9. The van der Waals surface area contributed by atoms with Gasteiger partial charge in [0.2, 0.25) is 0 Å². The SMILES string of the molecule is C1=CCC(c2nc(-c3ccccc3)nc(-c3ccc4c(c3)c3cc(-c5cc(-c6ccccc6)cc(-c6ccccc6)c5)cc5c3n4-c3ccccc3C5(c3ccccc3)c3ccccc3)n2)C=C1. The van der Waals surface area contributed by atoms with Crippen LogP contribution in [0.4, 0.5) is 0 Å². The highest BCUT2D eigenvalue weighted by atomic mass is 15.0. The Morgan fingerprint density at radius 2 is 0.912 bits per heavy atom. The van der Waals surface area contributed by atoms with E-state index in [0.717, 1.165) is 51.1 Å². The van der Waals surface area contributed by atoms with Gasteiger partial charge in [-0.25, -0.2) is 15.0 Å². The molecular weight excluding hydrogens is 825 g/mol. The molecule has 0 radical (unpaired) electrons. The van der Waals surface area contributed by atoms with Crippen molar-refractivity contribution in [1.82, 2.24) is 19.5 Å². The molecule has 2 aromatic heterocycles. The number of rotatable bonds is 8. The minimum atomic E-state index is -0.657. The number of aromatic nitrogens is 4. The third-order valence-corrected chi connectivity index (χ3v) is 14.0. The van der Waals surface area contributed by atoms with Gasteiger partial charge in [-0.15, -0.1) is 0 Å². The number of para-hydroxylation sites is 1. The molecule has 13 rings (SSSR count). The molecule has 0 amide bonds. The Kier molecular flexibility index (Phi) is 9.50. The van der Waals surface area contributed by atoms with Crippen LogP contribution in [0.25, 0.3) is 83.6 Å². The Balaban J connectivity index is 1.14. The van der Waals surface area contributed by atoms with E-state index in [0.29, 0.717) is 11.6 Å². The fourth-order valence-electron chi connectivity index (χ4n) is 10.8. The summed E-state index contributed by atoms with van der Waals surface area (Å²) in [7, 11) is 0. The lowest BCUT2D eigenvalue weighted by Gasteiger charge is -2.42. The highest BCUT2D eigenvalue weighted by molar-refractivity contribution is 6.14. The smallest absolute Gasteiger partial charge is 0.163 e. The Morgan fingerprint density at radius 1 is 0.397 bits per heavy atom. The molecule has 11 aromatic rings. The van der Waals surface area contributed by atoms with E-state index in [4.69, 9.17) is 15.0 Å². The normalized spacial score (nSPS) is 14.6. The molecule has 1 unspecified atom stereocenters. The monoisotopic (exact) mass is 868 g/mol. The van der Waals surface area contributed by atoms with Crippen molar-refractivity contribution in [3.63, 3.8) is 0 Å². The first-order valence-electron chi connectivity index (χ1n) is 23.5. The standard InChI is InChI=1S/C64H44N4/c1-7-21-43(22-8-1)48-37-49(44-23-9-2-10-24-44)39-50(38-48)51-41-55-54-40-47(63-66-61(45-25-11-3-12-26-45)65-62(67-63)46-27-13-4-14-28-46)35-36-58(54)68-59-34-20-19-33-56(59)64(57(42-51)60(55)68,52-29-15-5-16-30-52)53-31-17-6-18-32-53/h1-27,29-42,46H,28H2. The zero-order chi connectivity index (χ0) is 45.0. The molecule has 1 atom stereocenters. The molecule has 0 spiro atoms. The molecule has 1 aliphatic carbocycles. The van der Waals surface area contributed by atoms with Crippen molar-refractivity contribution in [2.24, 2.45) is 0 Å². The molecule has 0 saturated heterocycles. The van der Waals surface area contributed by atoms with E-state index >= 15 is 0 Å². The minimum Gasteiger partial charge on any atom is -0.309 e. The molecular formula is C64H44N4. The van der Waals surface area contributed by atoms with Crippen molar-refractivity contribution in [1.29, 1.82) is 0 Å². The van der Waals surface area contributed by atoms with Crippen LogP contribution >= 0.6 is 0 Å². The van der Waals surface area contributed by atoms with Gasteiger partial charge in [0.1, 0.15) is 5.82 Å². The summed E-state index contributed by atoms with van der Waals surface area (Å²) in [4.78, 5) is 15.6. The fraction of sp³-hybridized carbons (Fsp3) is 0.0469. The molecule has 0 bridgehead atoms. The summed E-state index contributed by atoms with van der Waals surface area (Å²) in [6.45, 7) is 0. The molecule has 4 heteroatoms. The van der Waals surface area contributed by atoms with Gasteiger partial charge in [-0.05, 0) is 117 Å². The predicted octanol–water partition coefficient (Wildman–Crippen LogP) is 15.6. The summed E-state index contributed by atoms with van der Waals surface area (Å²) >= 11 is 0. The maximum Gasteiger partial charge on any atom is 0.163 e. The quantitative estimate of drug-likeness (QED) is 0.153. The van der Waals surface area contributed by atoms with Crippen LogP contribution in [0.15, 0.2) is 249 Å². The molecule has 320 valence electrons. The van der Waals surface area contributed by atoms with Crippen LogP contribution in [0.5, 0.6) is 0 Å². The van der Waals surface area contributed by atoms with Crippen LogP contribution in [-0.2, 0) is 5.41 Å². The molecule has 9 aromatic carbocycles. The lowest BCUT2D eigenvalue weighted by atomic mass is 9.63. The van der Waals surface area contributed by atoms with Crippen molar-refractivity contribution in [3.8, 4) is 61.8 Å². The lowest BCUT2D eigenvalue weighted by molar-refractivity contribution is 0.728. The van der Waals surface area contributed by atoms with Gasteiger partial charge >= 0.3 is 0 Å². The molecule has 68 heavy (non-hydrogen) atoms. The number of nitrogens with zero attached hydrogens (tertiary/aromatic N) is 4. The van der Waals surface area contributed by atoms with Crippen LogP contribution in [0.2, 0.25) is 0 Å². The number of benzene rings is 9. The zero-order valence-corrected chi connectivity index (χ0v) is 37.2. The summed E-state index contributed by atoms with van der Waals surface area (Å²) < 4.78 is 2.51. The summed E-state index contributed by atoms with van der Waals surface area (Å²) in [6.07, 6.45) is 9.42. The van der Waals surface area contributed by atoms with Crippen molar-refractivity contribution in [3.05, 3.63) is 277 Å². The third-order valence-electron chi connectivity index (χ3n) is 14.0. The summed E-state index contributed by atoms with van der Waals surface area (Å²) in [5.74, 6) is 2.17. The highest BCUT2D eigenvalue weighted by Crippen LogP contribution is 2.55. The predicted molar refractivity (Wildman–Crippen MR) is 279 cm³/mol. The number of hydrogen-bond donors (Lipinski definition) is 0. The van der Waals surface area contributed by atoms with Gasteiger partial charge in [-0.3, -0.25) is 0 Å². The zero-order valence-electron chi connectivity index (χ0n) is 37.2. The van der Waals surface area contributed by atoms with Crippen LogP contribution < -0.4 is 0 Å². The van der Waals surface area contributed by atoms with E-state index in [2.05, 4.69) is 235 Å². The van der Waals surface area contributed by atoms with Crippen molar-refractivity contribution in [2.75, 3.05) is 0 Å². The molecule has 4 nitrogen and oxygen atoms in total. The summed E-state index contributed by atoms with van der Waals surface area (Å²) in [6, 6.07) is 81.8. The Morgan fingerprint density at radius 3 is 1.51 bits per heavy atom. The molecule has 0 N–H and O–H groups in total. The molecule has 2 aliphatic rings. The van der Waals surface area contributed by atoms with Crippen molar-refractivity contribution >= 4 is 21.8 Å². The van der Waals surface area contributed by atoms with Crippen molar-refractivity contribution < 1.29 is 0 Å². The second kappa shape index (κ2) is 16.3. The van der Waals surface area contributed by atoms with Gasteiger partial charge in [0.15, 0.2) is 11.6 Å². The third kappa shape index (κ3) is 6.48. The van der Waals surface area contributed by atoms with Gasteiger partial charge in [0.25, 0.3) is 0 Å². The second-order valence-corrected chi connectivity index (χ2v) is 17.9. The fourth-order valence-corrected chi connectivity index (χ4v) is 10.8. The summed E-state index contributed by atoms with van der Waals surface area (Å²) in [5.41, 5.74) is 16.6. The van der Waals surface area contributed by atoms with Gasteiger partial charge in [0, 0.05) is 27.8 Å². The van der Waals surface area contributed by atoms with Crippen LogP contribution in [0, 0.1) is 0 Å². The van der Waals surface area contributed by atoms with E-state index in [1.54, 1.807) is 0 Å². The summed E-state index contributed by atoms with van der Waals surface area (Å²) in [5, 5.41) is 2.31. The largest absolute Gasteiger partial charge is 0.309 e. The van der Waals surface area contributed by atoms with Gasteiger partial charge in [-0.2, -0.15) is 0 Å². The van der Waals surface area contributed by atoms with Gasteiger partial charge in [0.05, 0.1) is 22.1 Å². The first kappa shape index (κ1) is 39.6. The van der Waals surface area contributed by atoms with Crippen LogP contribution in [-0.4, -0.2) is 19.5 Å². The van der Waals surface area contributed by atoms with Crippen LogP contribution in [0.3, 0.4) is 0 Å². The van der Waals surface area contributed by atoms with E-state index in [1.165, 1.54) is 55.4 Å². The maximum atomic E-state index is 5.26. The average molecular weight is 869 g/mol. The molecule has 0 saturated carbocycles. The molecule has 0 fully saturated rings. The van der Waals surface area contributed by atoms with Gasteiger partial charge in [-0.1, -0.05) is 194 Å². The average Bonchev–Trinajstić information content (AvgIpc) is 3.76. The first-order valence-corrected chi connectivity index (χ1v) is 23.5. The number of allylic oxidation sites excluding steroid dienone is 4. The Labute approximate surface area is 395 Å². The van der Waals surface area contributed by atoms with E-state index < -0.39 is 5.41 Å². The topological polar surface area (TPSA) is 43.6 Å². The molecule has 1 aliphatic heterocycles. The Bertz CT molecular complexity index is 3650. The van der Waals surface area contributed by atoms with Crippen LogP contribution in [0.1, 0.15) is 40.4 Å². The van der Waals surface area contributed by atoms with E-state index in [-0.39, 0.29) is 5.92 Å². The maximum absolute atomic E-state index is 5.26. The first-order chi connectivity index (χ1) is 33.7. The highest BCUT2D eigenvalue weighted by Gasteiger charge is 2.45. The number of fused-ring (bicyclic) bond motifs is 5. The van der Waals surface area contributed by atoms with Crippen molar-refractivity contribution in [2.45, 2.75) is 17.8 Å². The lowest BCUT2D eigenvalue weighted by Crippen LogP contribution is -2.35. The van der Waals surface area contributed by atoms with E-state index in [1.807, 2.05) is 18.2 Å². The minimum absolute atomic E-state index is 0.0575.